The Hall–Kier alpha value is -0.970. The Morgan fingerprint density at radius 2 is 1.88 bits per heavy atom. The van der Waals surface area contributed by atoms with Crippen LogP contribution < -0.4 is 5.32 Å². The number of benzene rings is 1. The Kier molecular flexibility index (Phi) is 7.07. The van der Waals surface area contributed by atoms with E-state index in [4.69, 9.17) is 35.4 Å². The molecule has 7 heteroatoms. The Balaban J connectivity index is 1.69. The van der Waals surface area contributed by atoms with E-state index in [0.717, 1.165) is 25.9 Å². The molecule has 0 aromatic heterocycles. The van der Waals surface area contributed by atoms with Crippen molar-refractivity contribution >= 4 is 52.2 Å². The highest BCUT2D eigenvalue weighted by atomic mass is 35.5. The van der Waals surface area contributed by atoms with Crippen LogP contribution in [0.25, 0.3) is 0 Å². The molecule has 1 N–H and O–H groups in total. The van der Waals surface area contributed by atoms with E-state index in [-0.39, 0.29) is 18.4 Å². The van der Waals surface area contributed by atoms with E-state index in [1.54, 1.807) is 12.1 Å². The summed E-state index contributed by atoms with van der Waals surface area (Å²) in [6.45, 7) is 2.30. The van der Waals surface area contributed by atoms with Crippen molar-refractivity contribution in [1.82, 2.24) is 10.2 Å². The minimum absolute atomic E-state index is 0.0136. The van der Waals surface area contributed by atoms with Crippen LogP contribution in [0.3, 0.4) is 0 Å². The maximum absolute atomic E-state index is 12.7. The van der Waals surface area contributed by atoms with Gasteiger partial charge >= 0.3 is 0 Å². The van der Waals surface area contributed by atoms with E-state index in [2.05, 4.69) is 20.4 Å². The van der Waals surface area contributed by atoms with E-state index >= 15 is 0 Å². The van der Waals surface area contributed by atoms with Crippen molar-refractivity contribution in [3.05, 3.63) is 27.7 Å². The molecule has 1 heterocycles. The van der Waals surface area contributed by atoms with Gasteiger partial charge in [-0.05, 0) is 68.7 Å². The highest BCUT2D eigenvalue weighted by Gasteiger charge is 2.32. The molecular formula is C19H23Cl2N3OS. The monoisotopic (exact) mass is 411 g/mol. The summed E-state index contributed by atoms with van der Waals surface area (Å²) in [6.07, 6.45) is 7.35. The number of carbonyl (C=O) groups is 1. The number of amides is 1. The number of hydrogen-bond acceptors (Lipinski definition) is 4. The summed E-state index contributed by atoms with van der Waals surface area (Å²) in [7, 11) is 0. The van der Waals surface area contributed by atoms with Crippen LogP contribution in [-0.4, -0.2) is 41.1 Å². The molecule has 1 aliphatic heterocycles. The van der Waals surface area contributed by atoms with Crippen molar-refractivity contribution in [2.24, 2.45) is 4.99 Å². The van der Waals surface area contributed by atoms with Gasteiger partial charge in [0.1, 0.15) is 0 Å². The number of nitrogens with zero attached hydrogens (tertiary/aromatic N) is 2. The maximum atomic E-state index is 12.7. The number of thiocarbonyl (C=S) groups is 1. The fraction of sp³-hybridized carbons (Fsp3) is 0.579. The minimum atomic E-state index is -0.0136. The van der Waals surface area contributed by atoms with Crippen molar-refractivity contribution in [3.8, 4) is 0 Å². The first-order valence-corrected chi connectivity index (χ1v) is 10.3. The standard InChI is InChI=1S/C19H23Cl2N3OS/c20-14-9-13(17(22-12-26)11-15(14)21)10-19(25)23-16-5-1-2-6-18(16)24-7-3-4-8-24/h9,11,16,18H,1-8,10H2,(H,23,25)/t16-,18-/m1/s1. The lowest BCUT2D eigenvalue weighted by Crippen LogP contribution is -2.52. The molecule has 2 aliphatic rings. The third-order valence-electron chi connectivity index (χ3n) is 5.32. The van der Waals surface area contributed by atoms with Crippen LogP contribution >= 0.6 is 35.4 Å². The van der Waals surface area contributed by atoms with Gasteiger partial charge in [0.2, 0.25) is 5.91 Å². The molecule has 1 amide bonds. The van der Waals surface area contributed by atoms with E-state index in [1.807, 2.05) is 0 Å². The van der Waals surface area contributed by atoms with Gasteiger partial charge in [-0.1, -0.05) is 36.0 Å². The molecule has 140 valence electrons. The third kappa shape index (κ3) is 4.85. The lowest BCUT2D eigenvalue weighted by molar-refractivity contribution is -0.121. The molecule has 0 spiro atoms. The predicted molar refractivity (Wildman–Crippen MR) is 110 cm³/mol. The van der Waals surface area contributed by atoms with Crippen molar-refractivity contribution in [3.63, 3.8) is 0 Å². The highest BCUT2D eigenvalue weighted by Crippen LogP contribution is 2.31. The van der Waals surface area contributed by atoms with Crippen LogP contribution in [0.2, 0.25) is 10.0 Å². The van der Waals surface area contributed by atoms with Crippen LogP contribution in [0, 0.1) is 0 Å². The topological polar surface area (TPSA) is 44.7 Å². The van der Waals surface area contributed by atoms with Crippen molar-refractivity contribution < 1.29 is 4.79 Å². The SMILES string of the molecule is O=C(Cc1cc(Cl)c(Cl)cc1N=C=S)N[C@@H]1CCCC[C@H]1N1CCCC1. The van der Waals surface area contributed by atoms with Gasteiger partial charge in [0.25, 0.3) is 0 Å². The fourth-order valence-electron chi connectivity index (χ4n) is 4.09. The van der Waals surface area contributed by atoms with Crippen molar-refractivity contribution in [2.45, 2.75) is 57.0 Å². The number of isothiocyanates is 1. The molecule has 1 aliphatic carbocycles. The normalized spacial score (nSPS) is 23.5. The van der Waals surface area contributed by atoms with Gasteiger partial charge in [0.05, 0.1) is 27.3 Å². The van der Waals surface area contributed by atoms with Gasteiger partial charge in [-0.2, -0.15) is 4.99 Å². The third-order valence-corrected chi connectivity index (χ3v) is 6.14. The Bertz CT molecular complexity index is 715. The molecule has 1 aromatic carbocycles. The molecule has 1 saturated heterocycles. The molecule has 2 atom stereocenters. The van der Waals surface area contributed by atoms with E-state index < -0.39 is 0 Å². The van der Waals surface area contributed by atoms with Crippen molar-refractivity contribution in [2.75, 3.05) is 13.1 Å². The van der Waals surface area contributed by atoms with Gasteiger partial charge in [-0.15, -0.1) is 0 Å². The first-order chi connectivity index (χ1) is 12.6. The maximum Gasteiger partial charge on any atom is 0.224 e. The zero-order valence-corrected chi connectivity index (χ0v) is 17.0. The summed E-state index contributed by atoms with van der Waals surface area (Å²) in [6, 6.07) is 3.99. The molecule has 0 bridgehead atoms. The van der Waals surface area contributed by atoms with Crippen LogP contribution in [0.4, 0.5) is 5.69 Å². The number of rotatable bonds is 5. The molecule has 1 saturated carbocycles. The summed E-state index contributed by atoms with van der Waals surface area (Å²) >= 11 is 16.8. The molecule has 1 aromatic rings. The quantitative estimate of drug-likeness (QED) is 0.559. The summed E-state index contributed by atoms with van der Waals surface area (Å²) in [5.74, 6) is -0.0136. The second-order valence-corrected chi connectivity index (χ2v) is 8.04. The van der Waals surface area contributed by atoms with E-state index in [0.29, 0.717) is 27.3 Å². The Labute approximate surface area is 169 Å². The average molecular weight is 412 g/mol. The highest BCUT2D eigenvalue weighted by molar-refractivity contribution is 7.78. The number of carbonyl (C=O) groups excluding carboxylic acids is 1. The average Bonchev–Trinajstić information content (AvgIpc) is 3.14. The molecule has 3 rings (SSSR count). The minimum Gasteiger partial charge on any atom is -0.352 e. The van der Waals surface area contributed by atoms with Gasteiger partial charge in [-0.3, -0.25) is 9.69 Å². The van der Waals surface area contributed by atoms with Gasteiger partial charge < -0.3 is 5.32 Å². The first kappa shape index (κ1) is 19.8. The number of halogens is 2. The van der Waals surface area contributed by atoms with E-state index in [1.165, 1.54) is 25.7 Å². The molecule has 0 unspecified atom stereocenters. The molecule has 0 radical (unpaired) electrons. The smallest absolute Gasteiger partial charge is 0.224 e. The molecule has 4 nitrogen and oxygen atoms in total. The molecule has 26 heavy (non-hydrogen) atoms. The van der Waals surface area contributed by atoms with Crippen LogP contribution in [0.15, 0.2) is 17.1 Å². The summed E-state index contributed by atoms with van der Waals surface area (Å²) in [5.41, 5.74) is 1.26. The number of nitrogens with one attached hydrogen (secondary N) is 1. The van der Waals surface area contributed by atoms with Crippen molar-refractivity contribution in [1.29, 1.82) is 0 Å². The summed E-state index contributed by atoms with van der Waals surface area (Å²) in [5, 5.41) is 6.39. The van der Waals surface area contributed by atoms with Gasteiger partial charge in [0.15, 0.2) is 0 Å². The second-order valence-electron chi connectivity index (χ2n) is 7.04. The lowest BCUT2D eigenvalue weighted by atomic mass is 9.89. The largest absolute Gasteiger partial charge is 0.352 e. The molecule has 2 fully saturated rings. The Morgan fingerprint density at radius 1 is 1.19 bits per heavy atom. The second kappa shape index (κ2) is 9.29. The van der Waals surface area contributed by atoms with E-state index in [9.17, 15) is 4.79 Å². The number of hydrogen-bond donors (Lipinski definition) is 1. The van der Waals surface area contributed by atoms with Gasteiger partial charge in [-0.25, -0.2) is 0 Å². The fourth-order valence-corrected chi connectivity index (χ4v) is 4.54. The summed E-state index contributed by atoms with van der Waals surface area (Å²) in [4.78, 5) is 19.3. The number of aliphatic imine (C=N–C) groups is 1. The summed E-state index contributed by atoms with van der Waals surface area (Å²) < 4.78 is 0. The zero-order valence-electron chi connectivity index (χ0n) is 14.6. The van der Waals surface area contributed by atoms with Gasteiger partial charge in [0, 0.05) is 12.1 Å². The lowest BCUT2D eigenvalue weighted by Gasteiger charge is -2.38. The molecular weight excluding hydrogens is 389 g/mol. The zero-order chi connectivity index (χ0) is 18.5. The predicted octanol–water partition coefficient (Wildman–Crippen LogP) is 4.79. The van der Waals surface area contributed by atoms with Crippen LogP contribution in [-0.2, 0) is 11.2 Å². The van der Waals surface area contributed by atoms with Crippen LogP contribution in [0.1, 0.15) is 44.1 Å². The first-order valence-electron chi connectivity index (χ1n) is 9.17. The van der Waals surface area contributed by atoms with Crippen LogP contribution in [0.5, 0.6) is 0 Å². The Morgan fingerprint density at radius 3 is 2.62 bits per heavy atom. The number of likely N-dealkylation sites (tertiary alicyclic amines) is 1.